The Labute approximate surface area is 99.5 Å². The second-order valence-electron chi connectivity index (χ2n) is 3.80. The number of hydrogen-bond donors (Lipinski definition) is 0. The van der Waals surface area contributed by atoms with Crippen molar-refractivity contribution in [1.82, 2.24) is 15.0 Å². The van der Waals surface area contributed by atoms with E-state index < -0.39 is 0 Å². The topological polar surface area (TPSA) is 38.7 Å². The summed E-state index contributed by atoms with van der Waals surface area (Å²) in [6, 6.07) is 5.73. The SMILES string of the molecule is CC(C)c1c(Cl)ncnc1-c1ccccn1. The summed E-state index contributed by atoms with van der Waals surface area (Å²) in [5.41, 5.74) is 2.59. The third-order valence-electron chi connectivity index (χ3n) is 2.32. The fourth-order valence-corrected chi connectivity index (χ4v) is 1.94. The Bertz CT molecular complexity index is 483. The molecule has 0 saturated carbocycles. The van der Waals surface area contributed by atoms with Crippen LogP contribution in [0, 0.1) is 0 Å². The predicted molar refractivity (Wildman–Crippen MR) is 64.4 cm³/mol. The summed E-state index contributed by atoms with van der Waals surface area (Å²) in [6.07, 6.45) is 3.22. The number of pyridine rings is 1. The van der Waals surface area contributed by atoms with E-state index in [0.717, 1.165) is 17.0 Å². The van der Waals surface area contributed by atoms with E-state index in [-0.39, 0.29) is 5.92 Å². The van der Waals surface area contributed by atoms with Gasteiger partial charge < -0.3 is 0 Å². The zero-order valence-electron chi connectivity index (χ0n) is 9.18. The molecular weight excluding hydrogens is 222 g/mol. The summed E-state index contributed by atoms with van der Waals surface area (Å²) in [5, 5.41) is 0.505. The van der Waals surface area contributed by atoms with E-state index in [9.17, 15) is 0 Å². The smallest absolute Gasteiger partial charge is 0.136 e. The summed E-state index contributed by atoms with van der Waals surface area (Å²) in [6.45, 7) is 4.13. The molecule has 2 aromatic heterocycles. The molecular formula is C12H12ClN3. The van der Waals surface area contributed by atoms with Crippen LogP contribution < -0.4 is 0 Å². The minimum atomic E-state index is 0.269. The second-order valence-corrected chi connectivity index (χ2v) is 4.15. The molecule has 4 heteroatoms. The number of nitrogens with zero attached hydrogens (tertiary/aromatic N) is 3. The van der Waals surface area contributed by atoms with Gasteiger partial charge in [-0.25, -0.2) is 9.97 Å². The Hall–Kier alpha value is -1.48. The molecule has 0 N–H and O–H groups in total. The Morgan fingerprint density at radius 2 is 1.94 bits per heavy atom. The van der Waals surface area contributed by atoms with Crippen LogP contribution in [0.15, 0.2) is 30.7 Å². The number of halogens is 1. The van der Waals surface area contributed by atoms with E-state index in [0.29, 0.717) is 5.15 Å². The van der Waals surface area contributed by atoms with E-state index in [1.54, 1.807) is 6.20 Å². The van der Waals surface area contributed by atoms with E-state index in [1.807, 2.05) is 18.2 Å². The van der Waals surface area contributed by atoms with Crippen molar-refractivity contribution >= 4 is 11.6 Å². The van der Waals surface area contributed by atoms with E-state index >= 15 is 0 Å². The van der Waals surface area contributed by atoms with Crippen LogP contribution in [0.25, 0.3) is 11.4 Å². The molecule has 0 bridgehead atoms. The van der Waals surface area contributed by atoms with Crippen LogP contribution in [0.4, 0.5) is 0 Å². The van der Waals surface area contributed by atoms with Gasteiger partial charge in [-0.05, 0) is 18.1 Å². The highest BCUT2D eigenvalue weighted by molar-refractivity contribution is 6.30. The molecule has 3 nitrogen and oxygen atoms in total. The lowest BCUT2D eigenvalue weighted by Gasteiger charge is -2.11. The summed E-state index contributed by atoms with van der Waals surface area (Å²) in [5.74, 6) is 0.269. The van der Waals surface area contributed by atoms with Crippen molar-refractivity contribution in [3.8, 4) is 11.4 Å². The predicted octanol–water partition coefficient (Wildman–Crippen LogP) is 3.32. The molecule has 0 atom stereocenters. The molecule has 0 aliphatic rings. The van der Waals surface area contributed by atoms with E-state index in [4.69, 9.17) is 11.6 Å². The van der Waals surface area contributed by atoms with Gasteiger partial charge in [0.2, 0.25) is 0 Å². The quantitative estimate of drug-likeness (QED) is 0.747. The highest BCUT2D eigenvalue weighted by Crippen LogP contribution is 2.30. The van der Waals surface area contributed by atoms with Crippen LogP contribution in [0.2, 0.25) is 5.15 Å². The first-order chi connectivity index (χ1) is 7.70. The molecule has 82 valence electrons. The minimum absolute atomic E-state index is 0.269. The first kappa shape index (κ1) is 11.0. The van der Waals surface area contributed by atoms with Crippen LogP contribution in [0.1, 0.15) is 25.3 Å². The van der Waals surface area contributed by atoms with Crippen molar-refractivity contribution in [2.45, 2.75) is 19.8 Å². The molecule has 16 heavy (non-hydrogen) atoms. The maximum absolute atomic E-state index is 6.10. The van der Waals surface area contributed by atoms with Crippen LogP contribution in [0.3, 0.4) is 0 Å². The van der Waals surface area contributed by atoms with Crippen molar-refractivity contribution in [3.05, 3.63) is 41.4 Å². The molecule has 0 radical (unpaired) electrons. The average Bonchev–Trinajstić information content (AvgIpc) is 2.29. The molecule has 0 fully saturated rings. The molecule has 2 heterocycles. The third-order valence-corrected chi connectivity index (χ3v) is 2.62. The van der Waals surface area contributed by atoms with E-state index in [1.165, 1.54) is 6.33 Å². The third kappa shape index (κ3) is 2.04. The average molecular weight is 234 g/mol. The van der Waals surface area contributed by atoms with Gasteiger partial charge in [0.15, 0.2) is 0 Å². The minimum Gasteiger partial charge on any atom is -0.255 e. The van der Waals surface area contributed by atoms with Crippen LogP contribution in [0.5, 0.6) is 0 Å². The lowest BCUT2D eigenvalue weighted by Crippen LogP contribution is -1.99. The largest absolute Gasteiger partial charge is 0.255 e. The van der Waals surface area contributed by atoms with Crippen molar-refractivity contribution in [1.29, 1.82) is 0 Å². The highest BCUT2D eigenvalue weighted by atomic mass is 35.5. The van der Waals surface area contributed by atoms with Gasteiger partial charge in [-0.3, -0.25) is 4.98 Å². The first-order valence-corrected chi connectivity index (χ1v) is 5.49. The summed E-state index contributed by atoms with van der Waals surface area (Å²) >= 11 is 6.10. The van der Waals surface area contributed by atoms with Gasteiger partial charge in [-0.1, -0.05) is 31.5 Å². The summed E-state index contributed by atoms with van der Waals surface area (Å²) in [7, 11) is 0. The van der Waals surface area contributed by atoms with Gasteiger partial charge in [0.05, 0.1) is 11.4 Å². The maximum Gasteiger partial charge on any atom is 0.136 e. The van der Waals surface area contributed by atoms with Crippen molar-refractivity contribution in [3.63, 3.8) is 0 Å². The fraction of sp³-hybridized carbons (Fsp3) is 0.250. The van der Waals surface area contributed by atoms with Gasteiger partial charge in [-0.15, -0.1) is 0 Å². The van der Waals surface area contributed by atoms with Crippen LogP contribution in [-0.4, -0.2) is 15.0 Å². The fourth-order valence-electron chi connectivity index (χ4n) is 1.59. The van der Waals surface area contributed by atoms with Crippen molar-refractivity contribution in [2.24, 2.45) is 0 Å². The second kappa shape index (κ2) is 4.58. The molecule has 0 amide bonds. The molecule has 0 saturated heterocycles. The monoisotopic (exact) mass is 233 g/mol. The van der Waals surface area contributed by atoms with Crippen LogP contribution >= 0.6 is 11.6 Å². The Balaban J connectivity index is 2.61. The van der Waals surface area contributed by atoms with Crippen molar-refractivity contribution < 1.29 is 0 Å². The summed E-state index contributed by atoms with van der Waals surface area (Å²) in [4.78, 5) is 12.6. The zero-order chi connectivity index (χ0) is 11.5. The molecule has 2 aromatic rings. The number of hydrogen-bond acceptors (Lipinski definition) is 3. The van der Waals surface area contributed by atoms with Gasteiger partial charge in [0.1, 0.15) is 11.5 Å². The van der Waals surface area contributed by atoms with Gasteiger partial charge in [0.25, 0.3) is 0 Å². The lowest BCUT2D eigenvalue weighted by atomic mass is 10.0. The molecule has 0 aliphatic heterocycles. The Kier molecular flexibility index (Phi) is 3.15. The van der Waals surface area contributed by atoms with Gasteiger partial charge in [-0.2, -0.15) is 0 Å². The normalized spacial score (nSPS) is 10.8. The standard InChI is InChI=1S/C12H12ClN3/c1-8(2)10-11(15-7-16-12(10)13)9-5-3-4-6-14-9/h3-8H,1-2H3. The van der Waals surface area contributed by atoms with Gasteiger partial charge >= 0.3 is 0 Å². The maximum atomic E-state index is 6.10. The Morgan fingerprint density at radius 1 is 1.12 bits per heavy atom. The molecule has 0 spiro atoms. The van der Waals surface area contributed by atoms with Crippen LogP contribution in [-0.2, 0) is 0 Å². The van der Waals surface area contributed by atoms with Crippen molar-refractivity contribution in [2.75, 3.05) is 0 Å². The van der Waals surface area contributed by atoms with Gasteiger partial charge in [0, 0.05) is 11.8 Å². The molecule has 0 aliphatic carbocycles. The molecule has 0 unspecified atom stereocenters. The molecule has 2 rings (SSSR count). The zero-order valence-corrected chi connectivity index (χ0v) is 9.94. The highest BCUT2D eigenvalue weighted by Gasteiger charge is 2.15. The number of aromatic nitrogens is 3. The molecule has 0 aromatic carbocycles. The lowest BCUT2D eigenvalue weighted by molar-refractivity contribution is 0.848. The Morgan fingerprint density at radius 3 is 2.56 bits per heavy atom. The summed E-state index contributed by atoms with van der Waals surface area (Å²) < 4.78 is 0. The first-order valence-electron chi connectivity index (χ1n) is 5.12. The van der Waals surface area contributed by atoms with E-state index in [2.05, 4.69) is 28.8 Å². The number of rotatable bonds is 2.